The number of ether oxygens (including phenoxy) is 2. The van der Waals surface area contributed by atoms with Gasteiger partial charge in [0.25, 0.3) is 5.56 Å². The van der Waals surface area contributed by atoms with E-state index in [1.807, 2.05) is 6.07 Å². The Bertz CT molecular complexity index is 1410. The van der Waals surface area contributed by atoms with Gasteiger partial charge in [0, 0.05) is 19.6 Å². The number of hydrogen-bond acceptors (Lipinski definition) is 7. The van der Waals surface area contributed by atoms with Crippen LogP contribution in [0.5, 0.6) is 11.5 Å². The second kappa shape index (κ2) is 9.07. The Morgan fingerprint density at radius 3 is 2.65 bits per heavy atom. The highest BCUT2D eigenvalue weighted by Crippen LogP contribution is 2.32. The van der Waals surface area contributed by atoms with Crippen LogP contribution >= 0.6 is 0 Å². The van der Waals surface area contributed by atoms with E-state index in [9.17, 15) is 18.0 Å². The molecule has 3 aromatic rings. The van der Waals surface area contributed by atoms with Crippen molar-refractivity contribution >= 4 is 27.0 Å². The number of carbonyl (C=O) groups is 1. The SMILES string of the molecule is O=C(Cn1c(=O)cnc2cc(S(=O)(=O)N3CCCCC3)ccc21)NCc1ccc2c(c1)OCO2. The minimum Gasteiger partial charge on any atom is -0.454 e. The van der Waals surface area contributed by atoms with Crippen molar-refractivity contribution in [2.45, 2.75) is 37.2 Å². The lowest BCUT2D eigenvalue weighted by Gasteiger charge is -2.26. The Morgan fingerprint density at radius 1 is 1.03 bits per heavy atom. The highest BCUT2D eigenvalue weighted by Gasteiger charge is 2.26. The summed E-state index contributed by atoms with van der Waals surface area (Å²) in [6.45, 7) is 1.20. The minimum absolute atomic E-state index is 0.131. The summed E-state index contributed by atoms with van der Waals surface area (Å²) in [6.07, 6.45) is 3.80. The van der Waals surface area contributed by atoms with E-state index >= 15 is 0 Å². The molecular formula is C23H24N4O6S. The number of carbonyl (C=O) groups excluding carboxylic acids is 1. The number of benzene rings is 2. The molecule has 2 aliphatic heterocycles. The first-order valence-corrected chi connectivity index (χ1v) is 12.5. The molecule has 178 valence electrons. The van der Waals surface area contributed by atoms with E-state index in [-0.39, 0.29) is 30.7 Å². The van der Waals surface area contributed by atoms with Crippen molar-refractivity contribution in [3.05, 3.63) is 58.5 Å². The van der Waals surface area contributed by atoms with Crippen LogP contribution in [0.15, 0.2) is 52.3 Å². The molecule has 11 heteroatoms. The summed E-state index contributed by atoms with van der Waals surface area (Å²) in [6, 6.07) is 9.85. The topological polar surface area (TPSA) is 120 Å². The molecule has 1 aromatic heterocycles. The monoisotopic (exact) mass is 484 g/mol. The van der Waals surface area contributed by atoms with Gasteiger partial charge in [-0.3, -0.25) is 14.2 Å². The molecule has 0 aliphatic carbocycles. The number of rotatable bonds is 6. The molecule has 0 radical (unpaired) electrons. The average Bonchev–Trinajstić information content (AvgIpc) is 3.33. The summed E-state index contributed by atoms with van der Waals surface area (Å²) < 4.78 is 39.4. The standard InChI is InChI=1S/C23H24N4O6S/c28-22(25-12-16-4-7-20-21(10-16)33-15-32-20)14-27-19-6-5-17(11-18(19)24-13-23(27)29)34(30,31)26-8-2-1-3-9-26/h4-7,10-11,13H,1-3,8-9,12,14-15H2,(H,25,28). The van der Waals surface area contributed by atoms with E-state index in [0.717, 1.165) is 31.0 Å². The third-order valence-corrected chi connectivity index (χ3v) is 7.89. The Hall–Kier alpha value is -3.44. The second-order valence-electron chi connectivity index (χ2n) is 8.26. The number of fused-ring (bicyclic) bond motifs is 2. The average molecular weight is 485 g/mol. The van der Waals surface area contributed by atoms with Crippen molar-refractivity contribution < 1.29 is 22.7 Å². The Kier molecular flexibility index (Phi) is 5.96. The normalized spacial score (nSPS) is 16.0. The summed E-state index contributed by atoms with van der Waals surface area (Å²) in [5.74, 6) is 0.919. The molecule has 2 aliphatic rings. The predicted molar refractivity (Wildman–Crippen MR) is 123 cm³/mol. The molecule has 2 aromatic carbocycles. The van der Waals surface area contributed by atoms with Crippen molar-refractivity contribution in [3.8, 4) is 11.5 Å². The number of amides is 1. The summed E-state index contributed by atoms with van der Waals surface area (Å²) in [5.41, 5.74) is 1.11. The maximum atomic E-state index is 13.0. The van der Waals surface area contributed by atoms with Crippen molar-refractivity contribution in [3.63, 3.8) is 0 Å². The van der Waals surface area contributed by atoms with Crippen LogP contribution in [0.2, 0.25) is 0 Å². The second-order valence-corrected chi connectivity index (χ2v) is 10.2. The number of aromatic nitrogens is 2. The molecule has 0 saturated carbocycles. The fourth-order valence-electron chi connectivity index (χ4n) is 4.18. The lowest BCUT2D eigenvalue weighted by atomic mass is 10.2. The first kappa shape index (κ1) is 22.4. The molecule has 1 N–H and O–H groups in total. The van der Waals surface area contributed by atoms with Crippen LogP contribution in [0, 0.1) is 0 Å². The van der Waals surface area contributed by atoms with Crippen molar-refractivity contribution in [2.24, 2.45) is 0 Å². The van der Waals surface area contributed by atoms with Gasteiger partial charge in [-0.1, -0.05) is 12.5 Å². The van der Waals surface area contributed by atoms with Gasteiger partial charge in [-0.25, -0.2) is 13.4 Å². The van der Waals surface area contributed by atoms with Crippen LogP contribution in [0.1, 0.15) is 24.8 Å². The lowest BCUT2D eigenvalue weighted by Crippen LogP contribution is -2.35. The summed E-state index contributed by atoms with van der Waals surface area (Å²) in [5, 5.41) is 2.79. The van der Waals surface area contributed by atoms with Crippen molar-refractivity contribution in [1.29, 1.82) is 0 Å². The van der Waals surface area contributed by atoms with Gasteiger partial charge in [0.05, 0.1) is 22.1 Å². The Morgan fingerprint density at radius 2 is 1.82 bits per heavy atom. The quantitative estimate of drug-likeness (QED) is 0.565. The zero-order valence-electron chi connectivity index (χ0n) is 18.4. The van der Waals surface area contributed by atoms with E-state index in [2.05, 4.69) is 10.3 Å². The molecule has 1 fully saturated rings. The molecular weight excluding hydrogens is 460 g/mol. The zero-order chi connectivity index (χ0) is 23.7. The number of nitrogens with zero attached hydrogens (tertiary/aromatic N) is 3. The molecule has 5 rings (SSSR count). The molecule has 0 unspecified atom stereocenters. The molecule has 0 spiro atoms. The lowest BCUT2D eigenvalue weighted by molar-refractivity contribution is -0.121. The van der Waals surface area contributed by atoms with Gasteiger partial charge >= 0.3 is 0 Å². The van der Waals surface area contributed by atoms with Crippen LogP contribution in [-0.4, -0.2) is 48.1 Å². The Balaban J connectivity index is 1.34. The van der Waals surface area contributed by atoms with Crippen molar-refractivity contribution in [1.82, 2.24) is 19.2 Å². The summed E-state index contributed by atoms with van der Waals surface area (Å²) >= 11 is 0. The van der Waals surface area contributed by atoms with Crippen LogP contribution in [0.25, 0.3) is 11.0 Å². The van der Waals surface area contributed by atoms with Gasteiger partial charge in [0.2, 0.25) is 22.7 Å². The maximum Gasteiger partial charge on any atom is 0.269 e. The zero-order valence-corrected chi connectivity index (χ0v) is 19.2. The van der Waals surface area contributed by atoms with Crippen LogP contribution < -0.4 is 20.3 Å². The molecule has 0 bridgehead atoms. The van der Waals surface area contributed by atoms with E-state index in [4.69, 9.17) is 9.47 Å². The highest BCUT2D eigenvalue weighted by molar-refractivity contribution is 7.89. The van der Waals surface area contributed by atoms with E-state index in [0.29, 0.717) is 35.6 Å². The summed E-state index contributed by atoms with van der Waals surface area (Å²) in [7, 11) is -3.64. The van der Waals surface area contributed by atoms with Gasteiger partial charge in [-0.2, -0.15) is 4.31 Å². The maximum absolute atomic E-state index is 13.0. The molecule has 34 heavy (non-hydrogen) atoms. The van der Waals surface area contributed by atoms with E-state index in [1.165, 1.54) is 27.1 Å². The van der Waals surface area contributed by atoms with E-state index < -0.39 is 15.6 Å². The van der Waals surface area contributed by atoms with Crippen LogP contribution in [-0.2, 0) is 27.9 Å². The van der Waals surface area contributed by atoms with Crippen molar-refractivity contribution in [2.75, 3.05) is 19.9 Å². The van der Waals surface area contributed by atoms with E-state index in [1.54, 1.807) is 12.1 Å². The smallest absolute Gasteiger partial charge is 0.269 e. The first-order chi connectivity index (χ1) is 16.4. The Labute approximate surface area is 196 Å². The van der Waals surface area contributed by atoms with Crippen LogP contribution in [0.4, 0.5) is 0 Å². The number of piperidine rings is 1. The molecule has 3 heterocycles. The fourth-order valence-corrected chi connectivity index (χ4v) is 5.71. The molecule has 1 amide bonds. The van der Waals surface area contributed by atoms with Gasteiger partial charge in [0.15, 0.2) is 11.5 Å². The van der Waals surface area contributed by atoms with Crippen LogP contribution in [0.3, 0.4) is 0 Å². The summed E-state index contributed by atoms with van der Waals surface area (Å²) in [4.78, 5) is 29.3. The molecule has 0 atom stereocenters. The third-order valence-electron chi connectivity index (χ3n) is 6.00. The molecule has 1 saturated heterocycles. The highest BCUT2D eigenvalue weighted by atomic mass is 32.2. The molecule has 10 nitrogen and oxygen atoms in total. The third kappa shape index (κ3) is 4.36. The predicted octanol–water partition coefficient (Wildman–Crippen LogP) is 1.62. The van der Waals surface area contributed by atoms with Gasteiger partial charge in [0.1, 0.15) is 6.54 Å². The van der Waals surface area contributed by atoms with Gasteiger partial charge in [-0.15, -0.1) is 0 Å². The number of nitrogens with one attached hydrogen (secondary N) is 1. The number of sulfonamides is 1. The fraction of sp³-hybridized carbons (Fsp3) is 0.348. The van der Waals surface area contributed by atoms with Gasteiger partial charge in [-0.05, 0) is 48.7 Å². The number of hydrogen-bond donors (Lipinski definition) is 1. The minimum atomic E-state index is -3.64. The first-order valence-electron chi connectivity index (χ1n) is 11.1. The van der Waals surface area contributed by atoms with Gasteiger partial charge < -0.3 is 14.8 Å². The largest absolute Gasteiger partial charge is 0.454 e.